The van der Waals surface area contributed by atoms with Gasteiger partial charge in [0, 0.05) is 26.2 Å². The standard InChI is InChI=1S/C20H24N2O2/c1-14-8-9-19-18(10-14)22(12-15(2)24-19)13-16-6-5-7-17(11-16)20(23)21(3)4/h5-11,15H,12-13H2,1-4H3. The maximum absolute atomic E-state index is 12.2. The summed E-state index contributed by atoms with van der Waals surface area (Å²) in [5.41, 5.74) is 4.19. The zero-order valence-corrected chi connectivity index (χ0v) is 14.7. The predicted molar refractivity (Wildman–Crippen MR) is 96.8 cm³/mol. The molecule has 0 radical (unpaired) electrons. The van der Waals surface area contributed by atoms with E-state index in [1.54, 1.807) is 19.0 Å². The highest BCUT2D eigenvalue weighted by atomic mass is 16.5. The Bertz CT molecular complexity index is 755. The van der Waals surface area contributed by atoms with Crippen LogP contribution in [-0.4, -0.2) is 37.6 Å². The summed E-state index contributed by atoms with van der Waals surface area (Å²) in [4.78, 5) is 16.1. The molecular formula is C20H24N2O2. The minimum absolute atomic E-state index is 0.0310. The first kappa shape index (κ1) is 16.4. The van der Waals surface area contributed by atoms with E-state index in [0.29, 0.717) is 0 Å². The predicted octanol–water partition coefficient (Wildman–Crippen LogP) is 3.48. The number of carbonyl (C=O) groups excluding carboxylic acids is 1. The fourth-order valence-electron chi connectivity index (χ4n) is 3.07. The Balaban J connectivity index is 1.88. The van der Waals surface area contributed by atoms with E-state index in [2.05, 4.69) is 36.9 Å². The Morgan fingerprint density at radius 2 is 2.04 bits per heavy atom. The summed E-state index contributed by atoms with van der Waals surface area (Å²) >= 11 is 0. The van der Waals surface area contributed by atoms with Crippen molar-refractivity contribution in [1.82, 2.24) is 4.90 Å². The van der Waals surface area contributed by atoms with Gasteiger partial charge in [0.05, 0.1) is 12.2 Å². The molecule has 4 nitrogen and oxygen atoms in total. The highest BCUT2D eigenvalue weighted by Crippen LogP contribution is 2.35. The normalized spacial score (nSPS) is 16.3. The van der Waals surface area contributed by atoms with Gasteiger partial charge in [-0.3, -0.25) is 4.79 Å². The first-order valence-corrected chi connectivity index (χ1v) is 8.27. The van der Waals surface area contributed by atoms with Crippen molar-refractivity contribution in [2.24, 2.45) is 0 Å². The smallest absolute Gasteiger partial charge is 0.253 e. The maximum atomic E-state index is 12.2. The van der Waals surface area contributed by atoms with E-state index < -0.39 is 0 Å². The van der Waals surface area contributed by atoms with Gasteiger partial charge in [-0.1, -0.05) is 18.2 Å². The van der Waals surface area contributed by atoms with Gasteiger partial charge in [0.1, 0.15) is 11.9 Å². The first-order valence-electron chi connectivity index (χ1n) is 8.27. The van der Waals surface area contributed by atoms with Crippen molar-refractivity contribution in [3.8, 4) is 5.75 Å². The summed E-state index contributed by atoms with van der Waals surface area (Å²) in [5.74, 6) is 0.961. The molecule has 2 aromatic rings. The number of rotatable bonds is 3. The van der Waals surface area contributed by atoms with Crippen molar-refractivity contribution in [3.63, 3.8) is 0 Å². The van der Waals surface area contributed by atoms with Crippen LogP contribution in [0, 0.1) is 6.92 Å². The van der Waals surface area contributed by atoms with Crippen LogP contribution in [-0.2, 0) is 6.54 Å². The number of benzene rings is 2. The van der Waals surface area contributed by atoms with Gasteiger partial charge < -0.3 is 14.5 Å². The number of aryl methyl sites for hydroxylation is 1. The lowest BCUT2D eigenvalue weighted by molar-refractivity contribution is 0.0827. The van der Waals surface area contributed by atoms with Crippen LogP contribution in [0.3, 0.4) is 0 Å². The second kappa shape index (κ2) is 6.56. The number of carbonyl (C=O) groups is 1. The molecule has 0 fully saturated rings. The number of fused-ring (bicyclic) bond motifs is 1. The average molecular weight is 324 g/mol. The van der Waals surface area contributed by atoms with Gasteiger partial charge >= 0.3 is 0 Å². The molecule has 1 atom stereocenters. The second-order valence-electron chi connectivity index (χ2n) is 6.68. The number of amides is 1. The Morgan fingerprint density at radius 3 is 2.79 bits per heavy atom. The summed E-state index contributed by atoms with van der Waals surface area (Å²) in [6, 6.07) is 14.2. The average Bonchev–Trinajstić information content (AvgIpc) is 2.55. The molecule has 1 aliphatic heterocycles. The first-order chi connectivity index (χ1) is 11.4. The third kappa shape index (κ3) is 3.37. The third-order valence-corrected chi connectivity index (χ3v) is 4.21. The Morgan fingerprint density at radius 1 is 1.25 bits per heavy atom. The van der Waals surface area contributed by atoms with Crippen LogP contribution in [0.25, 0.3) is 0 Å². The zero-order valence-electron chi connectivity index (χ0n) is 14.7. The van der Waals surface area contributed by atoms with Crippen molar-refractivity contribution in [3.05, 3.63) is 59.2 Å². The summed E-state index contributed by atoms with van der Waals surface area (Å²) in [6.45, 7) is 5.77. The maximum Gasteiger partial charge on any atom is 0.253 e. The van der Waals surface area contributed by atoms with E-state index in [1.165, 1.54) is 5.56 Å². The van der Waals surface area contributed by atoms with Crippen LogP contribution >= 0.6 is 0 Å². The van der Waals surface area contributed by atoms with Gasteiger partial charge in [0.15, 0.2) is 0 Å². The topological polar surface area (TPSA) is 32.8 Å². The molecule has 0 N–H and O–H groups in total. The van der Waals surface area contributed by atoms with Gasteiger partial charge in [0.25, 0.3) is 5.91 Å². The van der Waals surface area contributed by atoms with E-state index in [-0.39, 0.29) is 12.0 Å². The molecule has 3 rings (SSSR count). The van der Waals surface area contributed by atoms with Crippen LogP contribution in [0.5, 0.6) is 5.75 Å². The molecule has 0 saturated heterocycles. The second-order valence-corrected chi connectivity index (χ2v) is 6.68. The van der Waals surface area contributed by atoms with E-state index in [1.807, 2.05) is 24.3 Å². The summed E-state index contributed by atoms with van der Waals surface area (Å²) in [6.07, 6.45) is 0.145. The number of anilines is 1. The molecule has 4 heteroatoms. The quantitative estimate of drug-likeness (QED) is 0.866. The van der Waals surface area contributed by atoms with E-state index >= 15 is 0 Å². The molecule has 0 aromatic heterocycles. The van der Waals surface area contributed by atoms with Crippen LogP contribution in [0.15, 0.2) is 42.5 Å². The summed E-state index contributed by atoms with van der Waals surface area (Å²) in [5, 5.41) is 0. The molecule has 24 heavy (non-hydrogen) atoms. The highest BCUT2D eigenvalue weighted by molar-refractivity contribution is 5.94. The Kier molecular flexibility index (Phi) is 4.47. The van der Waals surface area contributed by atoms with Gasteiger partial charge in [-0.25, -0.2) is 0 Å². The van der Waals surface area contributed by atoms with Crippen LogP contribution in [0.2, 0.25) is 0 Å². The van der Waals surface area contributed by atoms with Gasteiger partial charge in [0.2, 0.25) is 0 Å². The lowest BCUT2D eigenvalue weighted by atomic mass is 10.1. The van der Waals surface area contributed by atoms with E-state index in [0.717, 1.165) is 35.7 Å². The Hall–Kier alpha value is -2.49. The zero-order chi connectivity index (χ0) is 17.3. The molecule has 126 valence electrons. The summed E-state index contributed by atoms with van der Waals surface area (Å²) < 4.78 is 5.95. The van der Waals surface area contributed by atoms with Crippen molar-refractivity contribution >= 4 is 11.6 Å². The van der Waals surface area contributed by atoms with Crippen LogP contribution in [0.1, 0.15) is 28.4 Å². The highest BCUT2D eigenvalue weighted by Gasteiger charge is 2.23. The third-order valence-electron chi connectivity index (χ3n) is 4.21. The number of hydrogen-bond acceptors (Lipinski definition) is 3. The van der Waals surface area contributed by atoms with Crippen molar-refractivity contribution in [2.45, 2.75) is 26.5 Å². The number of hydrogen-bond donors (Lipinski definition) is 0. The fourth-order valence-corrected chi connectivity index (χ4v) is 3.07. The SMILES string of the molecule is Cc1ccc2c(c1)N(Cc1cccc(C(=O)N(C)C)c1)CC(C)O2. The minimum Gasteiger partial charge on any atom is -0.487 e. The Labute approximate surface area is 143 Å². The molecule has 0 aliphatic carbocycles. The molecule has 1 unspecified atom stereocenters. The molecule has 1 aliphatic rings. The van der Waals surface area contributed by atoms with Gasteiger partial charge in [-0.05, 0) is 49.2 Å². The molecular weight excluding hydrogens is 300 g/mol. The molecule has 0 spiro atoms. The molecule has 2 aromatic carbocycles. The van der Waals surface area contributed by atoms with Gasteiger partial charge in [-0.2, -0.15) is 0 Å². The van der Waals surface area contributed by atoms with Crippen LogP contribution < -0.4 is 9.64 Å². The number of ether oxygens (including phenoxy) is 1. The van der Waals surface area contributed by atoms with E-state index in [4.69, 9.17) is 4.74 Å². The number of nitrogens with zero attached hydrogens (tertiary/aromatic N) is 2. The van der Waals surface area contributed by atoms with Crippen molar-refractivity contribution in [1.29, 1.82) is 0 Å². The lowest BCUT2D eigenvalue weighted by Crippen LogP contribution is -2.38. The summed E-state index contributed by atoms with van der Waals surface area (Å²) in [7, 11) is 3.55. The minimum atomic E-state index is 0.0310. The largest absolute Gasteiger partial charge is 0.487 e. The van der Waals surface area contributed by atoms with E-state index in [9.17, 15) is 4.79 Å². The molecule has 0 saturated carbocycles. The molecule has 1 heterocycles. The molecule has 0 bridgehead atoms. The monoisotopic (exact) mass is 324 g/mol. The van der Waals surface area contributed by atoms with Crippen LogP contribution in [0.4, 0.5) is 5.69 Å². The van der Waals surface area contributed by atoms with Gasteiger partial charge in [-0.15, -0.1) is 0 Å². The van der Waals surface area contributed by atoms with Crippen molar-refractivity contribution in [2.75, 3.05) is 25.5 Å². The molecule has 1 amide bonds. The van der Waals surface area contributed by atoms with Crippen molar-refractivity contribution < 1.29 is 9.53 Å². The lowest BCUT2D eigenvalue weighted by Gasteiger charge is -2.35. The fraction of sp³-hybridized carbons (Fsp3) is 0.350.